The molecule has 0 aliphatic heterocycles. The van der Waals surface area contributed by atoms with Crippen molar-refractivity contribution >= 4 is 0 Å². The van der Waals surface area contributed by atoms with E-state index in [1.165, 1.54) is 0 Å². The topological polar surface area (TPSA) is 29.5 Å². The molecule has 1 N–H and O–H groups in total. The van der Waals surface area contributed by atoms with Crippen molar-refractivity contribution in [3.63, 3.8) is 0 Å². The Bertz CT molecular complexity index is 223. The van der Waals surface area contributed by atoms with E-state index in [1.54, 1.807) is 0 Å². The van der Waals surface area contributed by atoms with Crippen LogP contribution in [0.2, 0.25) is 0 Å². The molecular formula is C16H34O2. The molecule has 2 nitrogen and oxygen atoms in total. The summed E-state index contributed by atoms with van der Waals surface area (Å²) in [6.07, 6.45) is 2.24. The summed E-state index contributed by atoms with van der Waals surface area (Å²) in [4.78, 5) is 0. The van der Waals surface area contributed by atoms with Crippen LogP contribution >= 0.6 is 0 Å². The predicted molar refractivity (Wildman–Crippen MR) is 78.4 cm³/mol. The lowest BCUT2D eigenvalue weighted by Gasteiger charge is -2.43. The minimum absolute atomic E-state index is 0.105. The van der Waals surface area contributed by atoms with Crippen molar-refractivity contribution in [1.82, 2.24) is 0 Å². The molecule has 0 heterocycles. The summed E-state index contributed by atoms with van der Waals surface area (Å²) in [5.74, 6) is 0.0724. The Balaban J connectivity index is 4.99. The van der Waals surface area contributed by atoms with E-state index in [2.05, 4.69) is 41.5 Å². The van der Waals surface area contributed by atoms with Gasteiger partial charge in [0, 0.05) is 11.8 Å². The highest BCUT2D eigenvalue weighted by molar-refractivity contribution is 4.82. The molecule has 0 radical (unpaired) electrons. The van der Waals surface area contributed by atoms with Gasteiger partial charge >= 0.3 is 0 Å². The fraction of sp³-hybridized carbons (Fsp3) is 1.00. The average Bonchev–Trinajstić information content (AvgIpc) is 2.26. The zero-order valence-electron chi connectivity index (χ0n) is 13.7. The summed E-state index contributed by atoms with van der Waals surface area (Å²) in [5.41, 5.74) is 0. The molecule has 0 bridgehead atoms. The van der Waals surface area contributed by atoms with E-state index in [9.17, 15) is 5.11 Å². The monoisotopic (exact) mass is 258 g/mol. The van der Waals surface area contributed by atoms with Crippen LogP contribution in [0.15, 0.2) is 0 Å². The standard InChI is InChI=1S/C16H34O2/c1-9-10-15(12(4)5)18-16(17,13(6)7)14(8)11(2)3/h11-15,17H,9-10H2,1-8H3. The molecule has 0 saturated carbocycles. The van der Waals surface area contributed by atoms with E-state index in [4.69, 9.17) is 4.74 Å². The smallest absolute Gasteiger partial charge is 0.170 e. The van der Waals surface area contributed by atoms with Gasteiger partial charge in [-0.15, -0.1) is 0 Å². The third kappa shape index (κ3) is 4.55. The van der Waals surface area contributed by atoms with Gasteiger partial charge in [0.25, 0.3) is 0 Å². The van der Waals surface area contributed by atoms with Gasteiger partial charge in [0.1, 0.15) is 0 Å². The van der Waals surface area contributed by atoms with Gasteiger partial charge in [-0.05, 0) is 18.3 Å². The molecule has 0 rings (SSSR count). The number of rotatable bonds is 8. The molecule has 0 amide bonds. The average molecular weight is 258 g/mol. The third-order valence-corrected chi connectivity index (χ3v) is 4.14. The second kappa shape index (κ2) is 7.49. The highest BCUT2D eigenvalue weighted by Gasteiger charge is 2.42. The molecule has 110 valence electrons. The van der Waals surface area contributed by atoms with Crippen LogP contribution in [0.3, 0.4) is 0 Å². The molecule has 18 heavy (non-hydrogen) atoms. The van der Waals surface area contributed by atoms with E-state index in [-0.39, 0.29) is 17.9 Å². The lowest BCUT2D eigenvalue weighted by molar-refractivity contribution is -0.294. The summed E-state index contributed by atoms with van der Waals surface area (Å²) in [5, 5.41) is 11.0. The summed E-state index contributed by atoms with van der Waals surface area (Å²) >= 11 is 0. The second-order valence-corrected chi connectivity index (χ2v) is 6.63. The molecule has 0 aromatic carbocycles. The number of aliphatic hydroxyl groups is 1. The van der Waals surface area contributed by atoms with E-state index >= 15 is 0 Å². The summed E-state index contributed by atoms with van der Waals surface area (Å²) in [7, 11) is 0. The van der Waals surface area contributed by atoms with Crippen LogP contribution in [0.1, 0.15) is 68.2 Å². The second-order valence-electron chi connectivity index (χ2n) is 6.63. The largest absolute Gasteiger partial charge is 0.365 e. The Kier molecular flexibility index (Phi) is 7.46. The zero-order chi connectivity index (χ0) is 14.5. The van der Waals surface area contributed by atoms with Crippen LogP contribution in [0.25, 0.3) is 0 Å². The maximum absolute atomic E-state index is 11.0. The molecule has 3 atom stereocenters. The first kappa shape index (κ1) is 17.9. The van der Waals surface area contributed by atoms with Gasteiger partial charge in [0.2, 0.25) is 0 Å². The number of hydrogen-bond acceptors (Lipinski definition) is 2. The van der Waals surface area contributed by atoms with E-state index in [0.717, 1.165) is 12.8 Å². The van der Waals surface area contributed by atoms with Crippen molar-refractivity contribution in [3.8, 4) is 0 Å². The first-order chi connectivity index (χ1) is 8.16. The molecule has 0 aliphatic carbocycles. The van der Waals surface area contributed by atoms with Crippen molar-refractivity contribution in [1.29, 1.82) is 0 Å². The Hall–Kier alpha value is -0.0800. The fourth-order valence-corrected chi connectivity index (χ4v) is 2.30. The highest BCUT2D eigenvalue weighted by Crippen LogP contribution is 2.35. The molecule has 0 aliphatic rings. The molecule has 0 saturated heterocycles. The molecule has 0 fully saturated rings. The minimum Gasteiger partial charge on any atom is -0.365 e. The van der Waals surface area contributed by atoms with Gasteiger partial charge in [-0.2, -0.15) is 0 Å². The van der Waals surface area contributed by atoms with Crippen LogP contribution < -0.4 is 0 Å². The van der Waals surface area contributed by atoms with Crippen LogP contribution in [-0.4, -0.2) is 17.0 Å². The summed E-state index contributed by atoms with van der Waals surface area (Å²) in [6.45, 7) is 17.0. The van der Waals surface area contributed by atoms with E-state index in [1.807, 2.05) is 13.8 Å². The minimum atomic E-state index is -1.02. The van der Waals surface area contributed by atoms with Gasteiger partial charge in [0.15, 0.2) is 5.79 Å². The Morgan fingerprint density at radius 2 is 1.44 bits per heavy atom. The Labute approximate surface area is 114 Å². The van der Waals surface area contributed by atoms with Gasteiger partial charge in [-0.1, -0.05) is 61.8 Å². The molecule has 0 aromatic rings. The van der Waals surface area contributed by atoms with E-state index < -0.39 is 5.79 Å². The lowest BCUT2D eigenvalue weighted by atomic mass is 9.82. The fourth-order valence-electron chi connectivity index (χ4n) is 2.30. The van der Waals surface area contributed by atoms with Crippen LogP contribution in [0.5, 0.6) is 0 Å². The summed E-state index contributed by atoms with van der Waals surface area (Å²) < 4.78 is 6.18. The maximum atomic E-state index is 11.0. The molecule has 0 spiro atoms. The van der Waals surface area contributed by atoms with Gasteiger partial charge in [-0.25, -0.2) is 0 Å². The van der Waals surface area contributed by atoms with Gasteiger partial charge in [0.05, 0.1) is 6.10 Å². The lowest BCUT2D eigenvalue weighted by Crippen LogP contribution is -2.49. The van der Waals surface area contributed by atoms with Crippen molar-refractivity contribution in [2.24, 2.45) is 23.7 Å². The first-order valence-electron chi connectivity index (χ1n) is 7.56. The molecule has 3 unspecified atom stereocenters. The summed E-state index contributed by atoms with van der Waals surface area (Å²) in [6, 6.07) is 0. The number of ether oxygens (including phenoxy) is 1. The van der Waals surface area contributed by atoms with Crippen molar-refractivity contribution in [3.05, 3.63) is 0 Å². The van der Waals surface area contributed by atoms with Crippen molar-refractivity contribution in [2.45, 2.75) is 80.1 Å². The number of hydrogen-bond donors (Lipinski definition) is 1. The predicted octanol–water partition coefficient (Wildman–Crippen LogP) is 4.46. The van der Waals surface area contributed by atoms with Crippen molar-refractivity contribution < 1.29 is 9.84 Å². The Morgan fingerprint density at radius 3 is 1.72 bits per heavy atom. The van der Waals surface area contributed by atoms with Crippen LogP contribution in [0, 0.1) is 23.7 Å². The van der Waals surface area contributed by atoms with Crippen LogP contribution in [0.4, 0.5) is 0 Å². The van der Waals surface area contributed by atoms with Crippen molar-refractivity contribution in [2.75, 3.05) is 0 Å². The normalized spacial score (nSPS) is 19.3. The van der Waals surface area contributed by atoms with Gasteiger partial charge < -0.3 is 9.84 Å². The molecule has 2 heteroatoms. The zero-order valence-corrected chi connectivity index (χ0v) is 13.7. The maximum Gasteiger partial charge on any atom is 0.170 e. The van der Waals surface area contributed by atoms with Crippen LogP contribution in [-0.2, 0) is 4.74 Å². The van der Waals surface area contributed by atoms with E-state index in [0.29, 0.717) is 11.8 Å². The highest BCUT2D eigenvalue weighted by atomic mass is 16.6. The Morgan fingerprint density at radius 1 is 0.944 bits per heavy atom. The quantitative estimate of drug-likeness (QED) is 0.651. The first-order valence-corrected chi connectivity index (χ1v) is 7.56. The van der Waals surface area contributed by atoms with Gasteiger partial charge in [-0.3, -0.25) is 0 Å². The SMILES string of the molecule is CCCC(OC(O)(C(C)C)C(C)C(C)C)C(C)C. The third-order valence-electron chi connectivity index (χ3n) is 4.14. The molecule has 0 aromatic heterocycles. The molecular weight excluding hydrogens is 224 g/mol.